The van der Waals surface area contributed by atoms with Gasteiger partial charge in [0.15, 0.2) is 0 Å². The number of nitrogens with one attached hydrogen (secondary N) is 2. The molecule has 2 aliphatic carbocycles. The van der Waals surface area contributed by atoms with E-state index in [0.29, 0.717) is 51.7 Å². The molecule has 2 fully saturated rings. The summed E-state index contributed by atoms with van der Waals surface area (Å²) in [6.07, 6.45) is 2.18. The van der Waals surface area contributed by atoms with Gasteiger partial charge in [-0.05, 0) is 92.9 Å². The normalized spacial score (nSPS) is 19.5. The van der Waals surface area contributed by atoms with Crippen LogP contribution in [-0.2, 0) is 41.8 Å². The minimum Gasteiger partial charge on any atom is -0.466 e. The number of benzene rings is 5. The van der Waals surface area contributed by atoms with Crippen LogP contribution in [0.3, 0.4) is 0 Å². The van der Waals surface area contributed by atoms with Gasteiger partial charge in [0.2, 0.25) is 0 Å². The summed E-state index contributed by atoms with van der Waals surface area (Å²) < 4.78 is 20.5. The summed E-state index contributed by atoms with van der Waals surface area (Å²) in [7, 11) is -0.446. The molecule has 14 nitrogen and oxygen atoms in total. The van der Waals surface area contributed by atoms with E-state index in [1.54, 1.807) is 13.8 Å². The Labute approximate surface area is 394 Å². The molecule has 2 amide bonds. The molecule has 6 atom stereocenters. The SMILES string of the molecule is CCOC(=O)[C@H]1CC[C@H](N)[C@H](NC(=O)OCc2ccccc2)C1.CCOC(=O)[C@H]1CC[C@H](N=[N+]=[N-])[C@H](NC(=O)OCc2ccccc2)C1.c1ccc(P(c2ccccc2)c2ccccc2)cc1. The Bertz CT molecular complexity index is 2200. The van der Waals surface area contributed by atoms with Gasteiger partial charge >= 0.3 is 24.1 Å². The van der Waals surface area contributed by atoms with E-state index in [2.05, 4.69) is 112 Å². The van der Waals surface area contributed by atoms with Crippen molar-refractivity contribution in [2.75, 3.05) is 13.2 Å². The largest absolute Gasteiger partial charge is 0.466 e. The third kappa shape index (κ3) is 17.2. The Balaban J connectivity index is 0.000000190. The molecule has 2 aliphatic rings. The van der Waals surface area contributed by atoms with Gasteiger partial charge in [-0.3, -0.25) is 9.59 Å². The van der Waals surface area contributed by atoms with Crippen LogP contribution in [0.25, 0.3) is 10.4 Å². The van der Waals surface area contributed by atoms with E-state index >= 15 is 0 Å². The van der Waals surface area contributed by atoms with Crippen LogP contribution in [-0.4, -0.2) is 61.5 Å². The predicted molar refractivity (Wildman–Crippen MR) is 261 cm³/mol. The first-order valence-corrected chi connectivity index (χ1v) is 24.1. The summed E-state index contributed by atoms with van der Waals surface area (Å²) in [5.74, 6) is -1.03. The molecule has 7 rings (SSSR count). The Morgan fingerprint density at radius 3 is 1.34 bits per heavy atom. The Morgan fingerprint density at radius 1 is 0.567 bits per heavy atom. The molecule has 2 saturated carbocycles. The van der Waals surface area contributed by atoms with Crippen LogP contribution in [0.15, 0.2) is 157 Å². The number of carbonyl (C=O) groups is 4. The third-order valence-electron chi connectivity index (χ3n) is 11.2. The molecule has 0 aliphatic heterocycles. The third-order valence-corrected chi connectivity index (χ3v) is 13.7. The first-order valence-electron chi connectivity index (χ1n) is 22.7. The zero-order valence-electron chi connectivity index (χ0n) is 38.1. The van der Waals surface area contributed by atoms with Crippen molar-refractivity contribution in [1.82, 2.24) is 10.6 Å². The van der Waals surface area contributed by atoms with Gasteiger partial charge in [-0.1, -0.05) is 157 Å². The summed E-state index contributed by atoms with van der Waals surface area (Å²) in [6, 6.07) is 49.8. The van der Waals surface area contributed by atoms with Crippen LogP contribution < -0.4 is 32.3 Å². The maximum absolute atomic E-state index is 12.1. The average molecular weight is 929 g/mol. The van der Waals surface area contributed by atoms with E-state index in [9.17, 15) is 19.2 Å². The fraction of sp³-hybridized carbons (Fsp3) is 0.346. The average Bonchev–Trinajstić information content (AvgIpc) is 3.36. The maximum atomic E-state index is 12.1. The van der Waals surface area contributed by atoms with Crippen LogP contribution >= 0.6 is 7.92 Å². The summed E-state index contributed by atoms with van der Waals surface area (Å²) >= 11 is 0. The zero-order valence-corrected chi connectivity index (χ0v) is 39.0. The molecule has 0 spiro atoms. The molecule has 67 heavy (non-hydrogen) atoms. The first-order chi connectivity index (χ1) is 32.7. The molecule has 15 heteroatoms. The van der Waals surface area contributed by atoms with Crippen LogP contribution in [0.1, 0.15) is 63.5 Å². The van der Waals surface area contributed by atoms with Crippen molar-refractivity contribution in [2.45, 2.75) is 89.8 Å². The fourth-order valence-corrected chi connectivity index (χ4v) is 10.1. The number of ether oxygens (including phenoxy) is 4. The number of carbonyl (C=O) groups excluding carboxylic acids is 4. The summed E-state index contributed by atoms with van der Waals surface area (Å²) in [5, 5.41) is 13.4. The lowest BCUT2D eigenvalue weighted by Gasteiger charge is -2.33. The van der Waals surface area contributed by atoms with Gasteiger partial charge in [0.25, 0.3) is 0 Å². The summed E-state index contributed by atoms with van der Waals surface area (Å²) in [6.45, 7) is 4.55. The zero-order chi connectivity index (χ0) is 47.6. The van der Waals surface area contributed by atoms with Crippen LogP contribution in [0, 0.1) is 11.8 Å². The highest BCUT2D eigenvalue weighted by Crippen LogP contribution is 2.32. The first kappa shape index (κ1) is 51.3. The van der Waals surface area contributed by atoms with E-state index in [0.717, 1.165) is 11.1 Å². The van der Waals surface area contributed by atoms with Crippen molar-refractivity contribution in [3.05, 3.63) is 173 Å². The lowest BCUT2D eigenvalue weighted by Crippen LogP contribution is -2.52. The second-order valence-corrected chi connectivity index (χ2v) is 18.1. The van der Waals surface area contributed by atoms with Gasteiger partial charge in [-0.15, -0.1) is 0 Å². The molecule has 0 heterocycles. The highest BCUT2D eigenvalue weighted by atomic mass is 31.1. The minimum atomic E-state index is -0.600. The highest BCUT2D eigenvalue weighted by molar-refractivity contribution is 7.79. The highest BCUT2D eigenvalue weighted by Gasteiger charge is 2.36. The number of nitrogens with zero attached hydrogens (tertiary/aromatic N) is 3. The van der Waals surface area contributed by atoms with Crippen molar-refractivity contribution in [2.24, 2.45) is 22.7 Å². The predicted octanol–water partition coefficient (Wildman–Crippen LogP) is 8.74. The topological polar surface area (TPSA) is 204 Å². The van der Waals surface area contributed by atoms with Crippen molar-refractivity contribution < 1.29 is 38.1 Å². The summed E-state index contributed by atoms with van der Waals surface area (Å²) in [4.78, 5) is 50.6. The van der Waals surface area contributed by atoms with Crippen molar-refractivity contribution in [3.8, 4) is 0 Å². The van der Waals surface area contributed by atoms with Gasteiger partial charge in [0, 0.05) is 23.0 Å². The van der Waals surface area contributed by atoms with E-state index in [1.807, 2.05) is 60.7 Å². The van der Waals surface area contributed by atoms with Crippen LogP contribution in [0.2, 0.25) is 0 Å². The molecule has 5 aromatic carbocycles. The quantitative estimate of drug-likeness (QED) is 0.0243. The number of nitrogens with two attached hydrogens (primary N) is 1. The molecule has 0 radical (unpaired) electrons. The van der Waals surface area contributed by atoms with E-state index < -0.39 is 32.2 Å². The Morgan fingerprint density at radius 2 is 0.940 bits per heavy atom. The standard InChI is InChI=1S/C18H15P.C17H22N4O4.C17H24N2O4/c1-4-10-16(11-5-1)19(17-12-6-2-7-13-17)18-14-8-3-9-15-18;1-2-24-16(22)13-8-9-14(20-21-18)15(10-13)19-17(23)25-11-12-6-4-3-5-7-12;1-2-22-16(20)13-8-9-14(18)15(10-13)19-17(21)23-11-12-6-4-3-5-7-12/h1-15H;3-7,13-15H,2,8-11H2,1H3,(H,19,23);3-7,13-15H,2,8-11,18H2,1H3,(H,19,21)/t;2*13-,14-,15+/m.00/s1. The molecule has 0 saturated heterocycles. The number of alkyl carbamates (subject to hydrolysis) is 2. The van der Waals surface area contributed by atoms with E-state index in [-0.39, 0.29) is 49.1 Å². The number of esters is 2. The number of amides is 2. The van der Waals surface area contributed by atoms with Crippen molar-refractivity contribution in [3.63, 3.8) is 0 Å². The number of azide groups is 1. The lowest BCUT2D eigenvalue weighted by atomic mass is 9.82. The molecule has 0 bridgehead atoms. The molecule has 4 N–H and O–H groups in total. The monoisotopic (exact) mass is 928 g/mol. The minimum absolute atomic E-state index is 0.146. The Kier molecular flexibility index (Phi) is 21.7. The molecular formula is C52H61N6O8P. The number of hydrogen-bond acceptors (Lipinski definition) is 10. The van der Waals surface area contributed by atoms with Gasteiger partial charge in [0.1, 0.15) is 13.2 Å². The van der Waals surface area contributed by atoms with Crippen molar-refractivity contribution >= 4 is 48.0 Å². The van der Waals surface area contributed by atoms with Crippen LogP contribution in [0.5, 0.6) is 0 Å². The van der Waals surface area contributed by atoms with Crippen LogP contribution in [0.4, 0.5) is 9.59 Å². The number of rotatable bonds is 14. The Hall–Kier alpha value is -6.72. The molecular weight excluding hydrogens is 868 g/mol. The molecule has 352 valence electrons. The maximum Gasteiger partial charge on any atom is 0.407 e. The molecule has 0 unspecified atom stereocenters. The van der Waals surface area contributed by atoms with Gasteiger partial charge in [0.05, 0.1) is 31.1 Å². The van der Waals surface area contributed by atoms with E-state index in [4.69, 9.17) is 30.2 Å². The van der Waals surface area contributed by atoms with Gasteiger partial charge in [-0.25, -0.2) is 9.59 Å². The second-order valence-electron chi connectivity index (χ2n) is 15.9. The lowest BCUT2D eigenvalue weighted by molar-refractivity contribution is -0.150. The summed E-state index contributed by atoms with van der Waals surface area (Å²) in [5.41, 5.74) is 16.5. The fourth-order valence-electron chi connectivity index (χ4n) is 7.83. The second kappa shape index (κ2) is 28.3. The van der Waals surface area contributed by atoms with Crippen molar-refractivity contribution in [1.29, 1.82) is 0 Å². The van der Waals surface area contributed by atoms with Gasteiger partial charge < -0.3 is 35.3 Å². The molecule has 0 aromatic heterocycles. The van der Waals surface area contributed by atoms with E-state index in [1.165, 1.54) is 15.9 Å². The smallest absolute Gasteiger partial charge is 0.407 e. The number of hydrogen-bond donors (Lipinski definition) is 3. The molecule has 5 aromatic rings. The van der Waals surface area contributed by atoms with Gasteiger partial charge in [-0.2, -0.15) is 0 Å².